The quantitative estimate of drug-likeness (QED) is 0.350. The summed E-state index contributed by atoms with van der Waals surface area (Å²) < 4.78 is 39.9. The lowest BCUT2D eigenvalue weighted by Gasteiger charge is -2.42. The Balaban J connectivity index is 1.28. The molecule has 1 amide bonds. The lowest BCUT2D eigenvalue weighted by atomic mass is 9.89. The van der Waals surface area contributed by atoms with Crippen molar-refractivity contribution in [2.24, 2.45) is 5.41 Å². The predicted octanol–water partition coefficient (Wildman–Crippen LogP) is 5.52. The van der Waals surface area contributed by atoms with Crippen molar-refractivity contribution in [2.75, 3.05) is 56.0 Å². The van der Waals surface area contributed by atoms with Gasteiger partial charge in [-0.05, 0) is 63.1 Å². The smallest absolute Gasteiger partial charge is 0.382 e. The number of nitrogens with zero attached hydrogens (tertiary/aromatic N) is 4. The minimum absolute atomic E-state index is 0.0655. The average molecular weight is 568 g/mol. The maximum absolute atomic E-state index is 13.4. The molecular weight excluding hydrogens is 535 g/mol. The number of nitrogens with one attached hydrogen (secondary N) is 1. The minimum Gasteiger partial charge on any atom is -0.382 e. The van der Waals surface area contributed by atoms with Crippen LogP contribution < -0.4 is 10.2 Å². The standard InChI is InChI=1S/C27H33ClF3N5O3/c1-26(2,18-33-13-15-34(16-14-33)22-6-3-19(28)4-7-22)25(37)35-11-9-20(10-12-35)32-21-5-8-24(36(38)39)23(17-21)27(29,30)31/h3-8,17,20,32H,9-16,18H2,1-2H3. The van der Waals surface area contributed by atoms with Crippen molar-refractivity contribution in [3.05, 3.63) is 63.2 Å². The molecule has 39 heavy (non-hydrogen) atoms. The van der Waals surface area contributed by atoms with Crippen LogP contribution in [0.3, 0.4) is 0 Å². The van der Waals surface area contributed by atoms with Crippen LogP contribution in [-0.4, -0.2) is 72.5 Å². The van der Waals surface area contributed by atoms with E-state index in [1.807, 2.05) is 43.0 Å². The van der Waals surface area contributed by atoms with E-state index >= 15 is 0 Å². The molecule has 2 aromatic carbocycles. The fourth-order valence-corrected chi connectivity index (χ4v) is 5.47. The maximum atomic E-state index is 13.4. The second kappa shape index (κ2) is 11.6. The van der Waals surface area contributed by atoms with Crippen molar-refractivity contribution in [3.63, 3.8) is 0 Å². The Bertz CT molecular complexity index is 1180. The van der Waals surface area contributed by atoms with Gasteiger partial charge in [-0.15, -0.1) is 0 Å². The number of hydrogen-bond acceptors (Lipinski definition) is 6. The number of carbonyl (C=O) groups is 1. The Labute approximate surface area is 230 Å². The van der Waals surface area contributed by atoms with E-state index in [1.165, 1.54) is 6.07 Å². The molecule has 0 spiro atoms. The average Bonchev–Trinajstić information content (AvgIpc) is 2.89. The number of anilines is 2. The van der Waals surface area contributed by atoms with Gasteiger partial charge in [-0.2, -0.15) is 13.2 Å². The molecular formula is C27H33ClF3N5O3. The van der Waals surface area contributed by atoms with Gasteiger partial charge >= 0.3 is 6.18 Å². The number of nitro groups is 1. The van der Waals surface area contributed by atoms with Gasteiger partial charge in [0, 0.05) is 74.3 Å². The van der Waals surface area contributed by atoms with Crippen molar-refractivity contribution in [1.29, 1.82) is 0 Å². The Morgan fingerprint density at radius 1 is 1.03 bits per heavy atom. The highest BCUT2D eigenvalue weighted by molar-refractivity contribution is 6.30. The van der Waals surface area contributed by atoms with E-state index in [4.69, 9.17) is 11.6 Å². The van der Waals surface area contributed by atoms with Gasteiger partial charge in [-0.1, -0.05) is 11.6 Å². The molecule has 2 heterocycles. The molecule has 12 heteroatoms. The zero-order valence-corrected chi connectivity index (χ0v) is 22.8. The number of likely N-dealkylation sites (tertiary alicyclic amines) is 1. The summed E-state index contributed by atoms with van der Waals surface area (Å²) in [5.74, 6) is 0.0655. The highest BCUT2D eigenvalue weighted by atomic mass is 35.5. The molecule has 0 aromatic heterocycles. The summed E-state index contributed by atoms with van der Waals surface area (Å²) in [5, 5.41) is 14.8. The fraction of sp³-hybridized carbons (Fsp3) is 0.519. The molecule has 0 radical (unpaired) electrons. The summed E-state index contributed by atoms with van der Waals surface area (Å²) in [6.45, 7) is 8.96. The largest absolute Gasteiger partial charge is 0.423 e. The first-order valence-corrected chi connectivity index (χ1v) is 13.4. The number of hydrogen-bond donors (Lipinski definition) is 1. The van der Waals surface area contributed by atoms with Gasteiger partial charge in [0.2, 0.25) is 5.91 Å². The highest BCUT2D eigenvalue weighted by Gasteiger charge is 2.39. The van der Waals surface area contributed by atoms with Crippen LogP contribution in [0.15, 0.2) is 42.5 Å². The molecule has 4 rings (SSSR count). The Hall–Kier alpha value is -3.05. The van der Waals surface area contributed by atoms with Crippen LogP contribution in [0.2, 0.25) is 5.02 Å². The molecule has 1 N–H and O–H groups in total. The van der Waals surface area contributed by atoms with E-state index in [1.54, 1.807) is 0 Å². The molecule has 2 aliphatic heterocycles. The molecule has 2 aromatic rings. The predicted molar refractivity (Wildman–Crippen MR) is 145 cm³/mol. The lowest BCUT2D eigenvalue weighted by Crippen LogP contribution is -2.54. The van der Waals surface area contributed by atoms with Gasteiger partial charge < -0.3 is 15.1 Å². The Morgan fingerprint density at radius 2 is 1.64 bits per heavy atom. The second-order valence-corrected chi connectivity index (χ2v) is 11.3. The van der Waals surface area contributed by atoms with Crippen molar-refractivity contribution in [3.8, 4) is 0 Å². The number of amides is 1. The third-order valence-electron chi connectivity index (χ3n) is 7.41. The van der Waals surface area contributed by atoms with Gasteiger partial charge in [-0.25, -0.2) is 0 Å². The number of nitro benzene ring substituents is 1. The SMILES string of the molecule is CC(C)(CN1CCN(c2ccc(Cl)cc2)CC1)C(=O)N1CCC(Nc2ccc([N+](=O)[O-])c(C(F)(F)F)c2)CC1. The first-order chi connectivity index (χ1) is 18.3. The lowest BCUT2D eigenvalue weighted by molar-refractivity contribution is -0.388. The number of piperidine rings is 1. The molecule has 0 atom stereocenters. The van der Waals surface area contributed by atoms with Crippen molar-refractivity contribution >= 4 is 34.6 Å². The number of piperazine rings is 1. The Morgan fingerprint density at radius 3 is 2.21 bits per heavy atom. The third kappa shape index (κ3) is 7.13. The number of alkyl halides is 3. The summed E-state index contributed by atoms with van der Waals surface area (Å²) in [7, 11) is 0. The van der Waals surface area contributed by atoms with Crippen molar-refractivity contribution in [2.45, 2.75) is 38.9 Å². The molecule has 0 aliphatic carbocycles. The van der Waals surface area contributed by atoms with E-state index in [2.05, 4.69) is 15.1 Å². The van der Waals surface area contributed by atoms with Crippen LogP contribution in [0.25, 0.3) is 0 Å². The second-order valence-electron chi connectivity index (χ2n) is 10.8. The normalized spacial score (nSPS) is 17.8. The Kier molecular flexibility index (Phi) is 8.60. The summed E-state index contributed by atoms with van der Waals surface area (Å²) in [6, 6.07) is 10.6. The monoisotopic (exact) mass is 567 g/mol. The van der Waals surface area contributed by atoms with Crippen LogP contribution in [0.5, 0.6) is 0 Å². The van der Waals surface area contributed by atoms with Crippen LogP contribution in [0.4, 0.5) is 30.2 Å². The van der Waals surface area contributed by atoms with Gasteiger partial charge in [0.15, 0.2) is 0 Å². The summed E-state index contributed by atoms with van der Waals surface area (Å²) in [4.78, 5) is 29.8. The van der Waals surface area contributed by atoms with E-state index in [9.17, 15) is 28.1 Å². The third-order valence-corrected chi connectivity index (χ3v) is 7.67. The molecule has 212 valence electrons. The number of rotatable bonds is 7. The molecule has 2 fully saturated rings. The maximum Gasteiger partial charge on any atom is 0.423 e. The van der Waals surface area contributed by atoms with Crippen LogP contribution in [0.1, 0.15) is 32.3 Å². The molecule has 0 saturated carbocycles. The summed E-state index contributed by atoms with van der Waals surface area (Å²) in [6.07, 6.45) is -3.69. The molecule has 0 bridgehead atoms. The highest BCUT2D eigenvalue weighted by Crippen LogP contribution is 2.38. The van der Waals surface area contributed by atoms with Crippen LogP contribution in [0, 0.1) is 15.5 Å². The van der Waals surface area contributed by atoms with E-state index in [0.29, 0.717) is 37.5 Å². The van der Waals surface area contributed by atoms with Gasteiger partial charge in [0.25, 0.3) is 5.69 Å². The molecule has 8 nitrogen and oxygen atoms in total. The van der Waals surface area contributed by atoms with Crippen molar-refractivity contribution < 1.29 is 22.9 Å². The summed E-state index contributed by atoms with van der Waals surface area (Å²) in [5.41, 5.74) is -1.52. The fourth-order valence-electron chi connectivity index (χ4n) is 5.35. The summed E-state index contributed by atoms with van der Waals surface area (Å²) >= 11 is 6.00. The van der Waals surface area contributed by atoms with E-state index < -0.39 is 27.8 Å². The van der Waals surface area contributed by atoms with Gasteiger partial charge in [0.05, 0.1) is 10.3 Å². The topological polar surface area (TPSA) is 82.0 Å². The van der Waals surface area contributed by atoms with E-state index in [0.717, 1.165) is 44.0 Å². The number of halogens is 4. The van der Waals surface area contributed by atoms with Gasteiger partial charge in [-0.3, -0.25) is 19.8 Å². The number of carbonyl (C=O) groups excluding carboxylic acids is 1. The first kappa shape index (κ1) is 28.9. The number of benzene rings is 2. The zero-order chi connectivity index (χ0) is 28.4. The van der Waals surface area contributed by atoms with Gasteiger partial charge in [0.1, 0.15) is 5.56 Å². The first-order valence-electron chi connectivity index (χ1n) is 13.0. The van der Waals surface area contributed by atoms with E-state index in [-0.39, 0.29) is 17.6 Å². The van der Waals surface area contributed by atoms with Crippen molar-refractivity contribution in [1.82, 2.24) is 9.80 Å². The minimum atomic E-state index is -4.83. The molecule has 2 saturated heterocycles. The zero-order valence-electron chi connectivity index (χ0n) is 22.0. The molecule has 0 unspecified atom stereocenters. The van der Waals surface area contributed by atoms with Crippen LogP contribution >= 0.6 is 11.6 Å². The van der Waals surface area contributed by atoms with Crippen LogP contribution in [-0.2, 0) is 11.0 Å². The molecule has 2 aliphatic rings.